The number of halogens is 1. The Bertz CT molecular complexity index is 1400. The predicted molar refractivity (Wildman–Crippen MR) is 154 cm³/mol. The van der Waals surface area contributed by atoms with Gasteiger partial charge in [-0.15, -0.1) is 0 Å². The highest BCUT2D eigenvalue weighted by Gasteiger charge is 2.43. The van der Waals surface area contributed by atoms with Crippen LogP contribution in [0, 0.1) is 10.8 Å². The van der Waals surface area contributed by atoms with Crippen LogP contribution in [0.4, 0.5) is 5.69 Å². The number of rotatable bonds is 4. The van der Waals surface area contributed by atoms with Gasteiger partial charge in [-0.2, -0.15) is 0 Å². The fraction of sp³-hybridized carbons (Fsp3) is 0.406. The number of hydrogen-bond donors (Lipinski definition) is 1. The van der Waals surface area contributed by atoms with Crippen molar-refractivity contribution in [1.82, 2.24) is 15.2 Å². The van der Waals surface area contributed by atoms with Gasteiger partial charge in [-0.1, -0.05) is 43.6 Å². The first-order valence-electron chi connectivity index (χ1n) is 13.9. The molecule has 39 heavy (non-hydrogen) atoms. The molecule has 3 heterocycles. The van der Waals surface area contributed by atoms with Gasteiger partial charge in [-0.25, -0.2) is 0 Å². The van der Waals surface area contributed by atoms with E-state index in [-0.39, 0.29) is 28.7 Å². The number of amides is 2. The van der Waals surface area contributed by atoms with E-state index in [0.717, 1.165) is 57.4 Å². The Balaban J connectivity index is 1.16. The van der Waals surface area contributed by atoms with E-state index in [1.807, 2.05) is 41.6 Å². The lowest BCUT2D eigenvalue weighted by atomic mass is 9.77. The molecule has 1 atom stereocenters. The van der Waals surface area contributed by atoms with Crippen molar-refractivity contribution in [3.05, 3.63) is 94.3 Å². The summed E-state index contributed by atoms with van der Waals surface area (Å²) >= 11 is 6.30. The Labute approximate surface area is 235 Å². The zero-order valence-corrected chi connectivity index (χ0v) is 23.4. The normalized spacial score (nSPS) is 21.2. The smallest absolute Gasteiger partial charge is 0.253 e. The van der Waals surface area contributed by atoms with Crippen LogP contribution in [-0.2, 0) is 6.42 Å². The topological polar surface area (TPSA) is 65.5 Å². The van der Waals surface area contributed by atoms with Crippen LogP contribution < -0.4 is 10.2 Å². The van der Waals surface area contributed by atoms with E-state index in [2.05, 4.69) is 47.2 Å². The van der Waals surface area contributed by atoms with Crippen LogP contribution in [0.1, 0.15) is 71.0 Å². The highest BCUT2D eigenvalue weighted by Crippen LogP contribution is 2.46. The minimum atomic E-state index is -0.202. The lowest BCUT2D eigenvalue weighted by Gasteiger charge is -2.40. The summed E-state index contributed by atoms with van der Waals surface area (Å²) in [5, 5.41) is 3.66. The van der Waals surface area contributed by atoms with Gasteiger partial charge >= 0.3 is 0 Å². The number of anilines is 1. The van der Waals surface area contributed by atoms with Gasteiger partial charge in [-0.05, 0) is 84.0 Å². The second-order valence-electron chi connectivity index (χ2n) is 12.1. The van der Waals surface area contributed by atoms with E-state index in [0.29, 0.717) is 16.1 Å². The highest BCUT2D eigenvalue weighted by molar-refractivity contribution is 6.33. The molecule has 3 aliphatic rings. The van der Waals surface area contributed by atoms with Crippen molar-refractivity contribution >= 4 is 29.1 Å². The molecule has 0 radical (unpaired) electrons. The van der Waals surface area contributed by atoms with Crippen LogP contribution in [0.3, 0.4) is 0 Å². The first kappa shape index (κ1) is 25.9. The molecule has 2 fully saturated rings. The molecule has 1 spiro atoms. The molecule has 0 bridgehead atoms. The quantitative estimate of drug-likeness (QED) is 0.444. The van der Waals surface area contributed by atoms with Crippen LogP contribution in [0.15, 0.2) is 67.0 Å². The third-order valence-electron chi connectivity index (χ3n) is 9.10. The number of hydrogen-bond acceptors (Lipinski definition) is 4. The summed E-state index contributed by atoms with van der Waals surface area (Å²) in [5.74, 6) is -0.102. The van der Waals surface area contributed by atoms with Gasteiger partial charge in [0.05, 0.1) is 16.6 Å². The number of fused-ring (bicyclic) bond motifs is 1. The van der Waals surface area contributed by atoms with Gasteiger partial charge < -0.3 is 15.1 Å². The van der Waals surface area contributed by atoms with Gasteiger partial charge in [0, 0.05) is 49.8 Å². The standard InChI is InChI=1S/C32H35ClN4O2/c1-31(2)20-23-8-7-22(19-26(23)28(31)35-29(38)25-5-3-4-6-27(25)33)30(39)37-18-13-32(21-37)11-16-36(17-12-32)24-9-14-34-15-10-24/h3-10,14-15,19,28H,11-13,16-18,20-21H2,1-2H3,(H,35,38). The molecule has 2 aromatic carbocycles. The largest absolute Gasteiger partial charge is 0.371 e. The third kappa shape index (κ3) is 4.91. The molecule has 1 aromatic heterocycles. The maximum absolute atomic E-state index is 13.7. The number of nitrogens with zero attached hydrogens (tertiary/aromatic N) is 3. The average molecular weight is 543 g/mol. The minimum absolute atomic E-state index is 0.0899. The Morgan fingerprint density at radius 3 is 2.44 bits per heavy atom. The summed E-state index contributed by atoms with van der Waals surface area (Å²) in [5.41, 5.74) is 4.63. The predicted octanol–water partition coefficient (Wildman–Crippen LogP) is 5.92. The lowest BCUT2D eigenvalue weighted by molar-refractivity contribution is 0.0764. The molecule has 2 saturated heterocycles. The molecule has 0 saturated carbocycles. The number of nitrogens with one attached hydrogen (secondary N) is 1. The van der Waals surface area contributed by atoms with Crippen molar-refractivity contribution in [1.29, 1.82) is 0 Å². The van der Waals surface area contributed by atoms with Crippen LogP contribution in [0.2, 0.25) is 5.02 Å². The van der Waals surface area contributed by atoms with E-state index < -0.39 is 0 Å². The van der Waals surface area contributed by atoms with Gasteiger partial charge in [0.25, 0.3) is 11.8 Å². The van der Waals surface area contributed by atoms with E-state index in [9.17, 15) is 9.59 Å². The van der Waals surface area contributed by atoms with Gasteiger partial charge in [0.15, 0.2) is 0 Å². The number of benzene rings is 2. The molecule has 6 rings (SSSR count). The van der Waals surface area contributed by atoms with Crippen molar-refractivity contribution in [3.63, 3.8) is 0 Å². The van der Waals surface area contributed by atoms with E-state index in [1.54, 1.807) is 12.1 Å². The Kier molecular flexibility index (Phi) is 6.62. The van der Waals surface area contributed by atoms with Crippen molar-refractivity contribution in [2.45, 2.75) is 45.6 Å². The Morgan fingerprint density at radius 1 is 0.974 bits per heavy atom. The SMILES string of the molecule is CC1(C)Cc2ccc(C(=O)N3CCC4(CCN(c5ccncc5)CC4)C3)cc2C1NC(=O)c1ccccc1Cl. The average Bonchev–Trinajstić information content (AvgIpc) is 3.46. The summed E-state index contributed by atoms with van der Waals surface area (Å²) in [6, 6.07) is 17.1. The summed E-state index contributed by atoms with van der Waals surface area (Å²) in [7, 11) is 0. The number of likely N-dealkylation sites (tertiary alicyclic amines) is 1. The zero-order chi connectivity index (χ0) is 27.2. The molecule has 7 heteroatoms. The van der Waals surface area contributed by atoms with Crippen molar-refractivity contribution in [2.24, 2.45) is 10.8 Å². The monoisotopic (exact) mass is 542 g/mol. The van der Waals surface area contributed by atoms with Gasteiger partial charge in [-0.3, -0.25) is 14.6 Å². The number of aromatic nitrogens is 1. The summed E-state index contributed by atoms with van der Waals surface area (Å²) < 4.78 is 0. The van der Waals surface area contributed by atoms with E-state index in [4.69, 9.17) is 11.6 Å². The Hall–Kier alpha value is -3.38. The maximum Gasteiger partial charge on any atom is 0.253 e. The van der Waals surface area contributed by atoms with E-state index >= 15 is 0 Å². The molecular formula is C32H35ClN4O2. The molecule has 6 nitrogen and oxygen atoms in total. The Morgan fingerprint density at radius 2 is 1.69 bits per heavy atom. The number of carbonyl (C=O) groups is 2. The van der Waals surface area contributed by atoms with Crippen LogP contribution in [0.5, 0.6) is 0 Å². The minimum Gasteiger partial charge on any atom is -0.371 e. The number of pyridine rings is 1. The van der Waals surface area contributed by atoms with Crippen molar-refractivity contribution in [3.8, 4) is 0 Å². The third-order valence-corrected chi connectivity index (χ3v) is 9.43. The first-order chi connectivity index (χ1) is 18.7. The number of carbonyl (C=O) groups excluding carboxylic acids is 2. The fourth-order valence-electron chi connectivity index (χ4n) is 6.79. The molecular weight excluding hydrogens is 508 g/mol. The number of piperidine rings is 1. The molecule has 1 aliphatic carbocycles. The second-order valence-corrected chi connectivity index (χ2v) is 12.5. The molecule has 1 N–H and O–H groups in total. The molecule has 2 aliphatic heterocycles. The molecule has 202 valence electrons. The lowest BCUT2D eigenvalue weighted by Crippen LogP contribution is -2.42. The summed E-state index contributed by atoms with van der Waals surface area (Å²) in [4.78, 5) is 35.5. The molecule has 3 aromatic rings. The molecule has 1 unspecified atom stereocenters. The van der Waals surface area contributed by atoms with Crippen molar-refractivity contribution < 1.29 is 9.59 Å². The van der Waals surface area contributed by atoms with Crippen LogP contribution in [0.25, 0.3) is 0 Å². The van der Waals surface area contributed by atoms with Crippen molar-refractivity contribution in [2.75, 3.05) is 31.1 Å². The van der Waals surface area contributed by atoms with Gasteiger partial charge in [0.1, 0.15) is 0 Å². The van der Waals surface area contributed by atoms with Crippen LogP contribution in [-0.4, -0.2) is 47.9 Å². The summed E-state index contributed by atoms with van der Waals surface area (Å²) in [6.45, 7) is 7.94. The molecule has 2 amide bonds. The van der Waals surface area contributed by atoms with Gasteiger partial charge in [0.2, 0.25) is 0 Å². The maximum atomic E-state index is 13.7. The fourth-order valence-corrected chi connectivity index (χ4v) is 7.01. The second kappa shape index (κ2) is 9.98. The summed E-state index contributed by atoms with van der Waals surface area (Å²) in [6.07, 6.45) is 7.77. The zero-order valence-electron chi connectivity index (χ0n) is 22.6. The van der Waals surface area contributed by atoms with E-state index in [1.165, 1.54) is 11.3 Å². The first-order valence-corrected chi connectivity index (χ1v) is 14.3. The highest BCUT2D eigenvalue weighted by atomic mass is 35.5. The van der Waals surface area contributed by atoms with Crippen LogP contribution >= 0.6 is 11.6 Å².